The van der Waals surface area contributed by atoms with Crippen LogP contribution in [0.3, 0.4) is 0 Å². The summed E-state index contributed by atoms with van der Waals surface area (Å²) in [6.45, 7) is -0.158. The first-order valence-corrected chi connectivity index (χ1v) is 7.24. The number of carboxylic acids is 1. The van der Waals surface area contributed by atoms with Crippen molar-refractivity contribution < 1.29 is 19.4 Å². The highest BCUT2D eigenvalue weighted by atomic mass is 16.5. The summed E-state index contributed by atoms with van der Waals surface area (Å²) in [5.41, 5.74) is 0.761. The fourth-order valence-corrected chi connectivity index (χ4v) is 3.34. The van der Waals surface area contributed by atoms with Crippen LogP contribution < -0.4 is 0 Å². The summed E-state index contributed by atoms with van der Waals surface area (Å²) in [6.07, 6.45) is 6.22. The molecule has 0 aromatic carbocycles. The molecule has 1 aromatic heterocycles. The maximum atomic E-state index is 12.3. The number of rotatable bonds is 3. The van der Waals surface area contributed by atoms with Gasteiger partial charge in [0.25, 0.3) is 0 Å². The van der Waals surface area contributed by atoms with Crippen molar-refractivity contribution >= 4 is 11.9 Å². The molecular weight excluding hydrogens is 272 g/mol. The van der Waals surface area contributed by atoms with Gasteiger partial charge in [0.2, 0.25) is 5.91 Å². The Morgan fingerprint density at radius 3 is 2.57 bits per heavy atom. The number of nitrogens with zero attached hydrogens (tertiary/aromatic N) is 2. The molecule has 1 amide bonds. The standard InChI is InChI=1S/C15H18N2O4/c18-12-9-21-14(15(19)20)13(10-5-7-16-8-6-10)17(12)11-3-1-2-4-11/h5-8,11,13-14H,1-4,9H2,(H,19,20). The maximum Gasteiger partial charge on any atom is 0.335 e. The largest absolute Gasteiger partial charge is 0.479 e. The number of ether oxygens (including phenoxy) is 1. The van der Waals surface area contributed by atoms with Crippen LogP contribution in [0.5, 0.6) is 0 Å². The fraction of sp³-hybridized carbons (Fsp3) is 0.533. The highest BCUT2D eigenvalue weighted by Crippen LogP contribution is 2.36. The van der Waals surface area contributed by atoms with Gasteiger partial charge in [0.05, 0.1) is 6.04 Å². The van der Waals surface area contributed by atoms with E-state index in [9.17, 15) is 14.7 Å². The number of amides is 1. The SMILES string of the molecule is O=C(O)C1OCC(=O)N(C2CCCC2)C1c1ccncc1. The number of morpholine rings is 1. The monoisotopic (exact) mass is 290 g/mol. The Morgan fingerprint density at radius 1 is 1.29 bits per heavy atom. The van der Waals surface area contributed by atoms with Gasteiger partial charge in [0, 0.05) is 18.4 Å². The molecule has 0 spiro atoms. The molecule has 112 valence electrons. The third kappa shape index (κ3) is 2.63. The maximum absolute atomic E-state index is 12.3. The normalized spacial score (nSPS) is 27.0. The Morgan fingerprint density at radius 2 is 1.95 bits per heavy atom. The van der Waals surface area contributed by atoms with Crippen molar-refractivity contribution in [1.29, 1.82) is 0 Å². The Bertz CT molecular complexity index is 528. The minimum absolute atomic E-state index is 0.112. The van der Waals surface area contributed by atoms with Crippen LogP contribution in [0.4, 0.5) is 0 Å². The van der Waals surface area contributed by atoms with Gasteiger partial charge in [-0.15, -0.1) is 0 Å². The molecule has 2 fully saturated rings. The van der Waals surface area contributed by atoms with Crippen molar-refractivity contribution in [2.75, 3.05) is 6.61 Å². The molecule has 2 aliphatic rings. The van der Waals surface area contributed by atoms with Crippen LogP contribution in [0.25, 0.3) is 0 Å². The zero-order valence-electron chi connectivity index (χ0n) is 11.6. The minimum atomic E-state index is -1.03. The molecule has 6 heteroatoms. The summed E-state index contributed by atoms with van der Waals surface area (Å²) < 4.78 is 5.30. The summed E-state index contributed by atoms with van der Waals surface area (Å²) in [5.74, 6) is -1.16. The van der Waals surface area contributed by atoms with Crippen molar-refractivity contribution in [3.05, 3.63) is 30.1 Å². The Labute approximate surface area is 122 Å². The van der Waals surface area contributed by atoms with Crippen LogP contribution in [0.2, 0.25) is 0 Å². The van der Waals surface area contributed by atoms with Gasteiger partial charge < -0.3 is 14.7 Å². The molecule has 0 bridgehead atoms. The number of carbonyl (C=O) groups is 2. The minimum Gasteiger partial charge on any atom is -0.479 e. The molecule has 1 saturated heterocycles. The lowest BCUT2D eigenvalue weighted by Gasteiger charge is -2.42. The molecule has 2 unspecified atom stereocenters. The smallest absolute Gasteiger partial charge is 0.335 e. The average Bonchev–Trinajstić information content (AvgIpc) is 3.01. The van der Waals surface area contributed by atoms with Gasteiger partial charge in [-0.2, -0.15) is 0 Å². The van der Waals surface area contributed by atoms with Crippen molar-refractivity contribution in [3.63, 3.8) is 0 Å². The van der Waals surface area contributed by atoms with E-state index in [1.54, 1.807) is 29.4 Å². The van der Waals surface area contributed by atoms with Crippen molar-refractivity contribution in [1.82, 2.24) is 9.88 Å². The molecular formula is C15H18N2O4. The second kappa shape index (κ2) is 5.81. The third-order valence-corrected chi connectivity index (χ3v) is 4.27. The van der Waals surface area contributed by atoms with E-state index in [0.29, 0.717) is 0 Å². The molecule has 1 aromatic rings. The quantitative estimate of drug-likeness (QED) is 0.909. The summed E-state index contributed by atoms with van der Waals surface area (Å²) in [6, 6.07) is 3.05. The molecule has 1 N–H and O–H groups in total. The van der Waals surface area contributed by atoms with Crippen LogP contribution >= 0.6 is 0 Å². The Balaban J connectivity index is 1.99. The fourth-order valence-electron chi connectivity index (χ4n) is 3.34. The molecule has 0 radical (unpaired) electrons. The van der Waals surface area contributed by atoms with Crippen LogP contribution in [0, 0.1) is 0 Å². The predicted octanol–water partition coefficient (Wildman–Crippen LogP) is 1.38. The molecule has 2 heterocycles. The van der Waals surface area contributed by atoms with Gasteiger partial charge in [-0.05, 0) is 30.5 Å². The second-order valence-electron chi connectivity index (χ2n) is 5.53. The van der Waals surface area contributed by atoms with Crippen LogP contribution in [-0.2, 0) is 14.3 Å². The molecule has 21 heavy (non-hydrogen) atoms. The number of hydrogen-bond donors (Lipinski definition) is 1. The highest BCUT2D eigenvalue weighted by Gasteiger charge is 2.45. The average molecular weight is 290 g/mol. The van der Waals surface area contributed by atoms with E-state index in [0.717, 1.165) is 31.2 Å². The van der Waals surface area contributed by atoms with E-state index >= 15 is 0 Å². The summed E-state index contributed by atoms with van der Waals surface area (Å²) in [4.78, 5) is 29.6. The molecule has 1 aliphatic carbocycles. The molecule has 2 atom stereocenters. The van der Waals surface area contributed by atoms with Crippen LogP contribution in [-0.4, -0.2) is 45.6 Å². The van der Waals surface area contributed by atoms with Gasteiger partial charge >= 0.3 is 5.97 Å². The van der Waals surface area contributed by atoms with Crippen molar-refractivity contribution in [2.24, 2.45) is 0 Å². The number of aliphatic carboxylic acids is 1. The van der Waals surface area contributed by atoms with Gasteiger partial charge in [-0.3, -0.25) is 9.78 Å². The predicted molar refractivity (Wildman–Crippen MR) is 73.5 cm³/mol. The van der Waals surface area contributed by atoms with Crippen LogP contribution in [0.15, 0.2) is 24.5 Å². The van der Waals surface area contributed by atoms with Crippen LogP contribution in [0.1, 0.15) is 37.3 Å². The Hall–Kier alpha value is -1.95. The van der Waals surface area contributed by atoms with Crippen molar-refractivity contribution in [3.8, 4) is 0 Å². The number of aromatic nitrogens is 1. The number of carboxylic acid groups (broad SMARTS) is 1. The van der Waals surface area contributed by atoms with E-state index in [4.69, 9.17) is 4.74 Å². The van der Waals surface area contributed by atoms with E-state index in [1.165, 1.54) is 0 Å². The molecule has 1 saturated carbocycles. The molecule has 1 aliphatic heterocycles. The zero-order valence-corrected chi connectivity index (χ0v) is 11.6. The first kappa shape index (κ1) is 14.0. The lowest BCUT2D eigenvalue weighted by molar-refractivity contribution is -0.176. The molecule has 6 nitrogen and oxygen atoms in total. The second-order valence-corrected chi connectivity index (χ2v) is 5.53. The number of pyridine rings is 1. The number of hydrogen-bond acceptors (Lipinski definition) is 4. The van der Waals surface area contributed by atoms with Gasteiger partial charge in [0.15, 0.2) is 6.10 Å². The van der Waals surface area contributed by atoms with E-state index < -0.39 is 18.1 Å². The van der Waals surface area contributed by atoms with E-state index in [2.05, 4.69) is 4.98 Å². The van der Waals surface area contributed by atoms with Gasteiger partial charge in [0.1, 0.15) is 6.61 Å². The van der Waals surface area contributed by atoms with Gasteiger partial charge in [-0.25, -0.2) is 4.79 Å². The summed E-state index contributed by atoms with van der Waals surface area (Å²) >= 11 is 0. The third-order valence-electron chi connectivity index (χ3n) is 4.27. The Kier molecular flexibility index (Phi) is 3.88. The topological polar surface area (TPSA) is 79.7 Å². The zero-order chi connectivity index (χ0) is 14.8. The van der Waals surface area contributed by atoms with E-state index in [1.807, 2.05) is 0 Å². The molecule has 3 rings (SSSR count). The number of carbonyl (C=O) groups excluding carboxylic acids is 1. The van der Waals surface area contributed by atoms with E-state index in [-0.39, 0.29) is 18.6 Å². The lowest BCUT2D eigenvalue weighted by atomic mass is 9.96. The lowest BCUT2D eigenvalue weighted by Crippen LogP contribution is -2.54. The van der Waals surface area contributed by atoms with Crippen molar-refractivity contribution in [2.45, 2.75) is 43.9 Å². The van der Waals surface area contributed by atoms with Gasteiger partial charge in [-0.1, -0.05) is 12.8 Å². The first-order valence-electron chi connectivity index (χ1n) is 7.24. The summed E-state index contributed by atoms with van der Waals surface area (Å²) in [5, 5.41) is 9.44. The highest BCUT2D eigenvalue weighted by molar-refractivity contribution is 5.83. The first-order chi connectivity index (χ1) is 10.2. The summed E-state index contributed by atoms with van der Waals surface area (Å²) in [7, 11) is 0.